The second-order valence-electron chi connectivity index (χ2n) is 5.95. The fourth-order valence-corrected chi connectivity index (χ4v) is 3.10. The SMILES string of the molecule is Cc1cc(C)c(CO)c(N2CC(C)C(N(C)C)C2)n1. The highest BCUT2D eigenvalue weighted by Crippen LogP contribution is 2.29. The summed E-state index contributed by atoms with van der Waals surface area (Å²) in [6.45, 7) is 8.40. The smallest absolute Gasteiger partial charge is 0.134 e. The van der Waals surface area contributed by atoms with Crippen LogP contribution in [0.15, 0.2) is 6.07 Å². The minimum atomic E-state index is 0.0615. The summed E-state index contributed by atoms with van der Waals surface area (Å²) >= 11 is 0. The predicted molar refractivity (Wildman–Crippen MR) is 78.5 cm³/mol. The number of anilines is 1. The molecule has 19 heavy (non-hydrogen) atoms. The lowest BCUT2D eigenvalue weighted by Gasteiger charge is -2.24. The molecule has 4 heteroatoms. The minimum absolute atomic E-state index is 0.0615. The summed E-state index contributed by atoms with van der Waals surface area (Å²) in [5, 5.41) is 9.61. The quantitative estimate of drug-likeness (QED) is 0.899. The monoisotopic (exact) mass is 263 g/mol. The number of aliphatic hydroxyl groups is 1. The van der Waals surface area contributed by atoms with E-state index in [1.165, 1.54) is 0 Å². The van der Waals surface area contributed by atoms with E-state index in [1.807, 2.05) is 19.9 Å². The fraction of sp³-hybridized carbons (Fsp3) is 0.667. The molecule has 1 aliphatic heterocycles. The maximum absolute atomic E-state index is 9.61. The van der Waals surface area contributed by atoms with Crippen LogP contribution in [-0.2, 0) is 6.61 Å². The molecule has 0 aliphatic carbocycles. The van der Waals surface area contributed by atoms with Gasteiger partial charge >= 0.3 is 0 Å². The van der Waals surface area contributed by atoms with Crippen LogP contribution in [0.4, 0.5) is 5.82 Å². The Kier molecular flexibility index (Phi) is 4.11. The lowest BCUT2D eigenvalue weighted by molar-refractivity contribution is 0.266. The summed E-state index contributed by atoms with van der Waals surface area (Å²) in [4.78, 5) is 9.27. The van der Waals surface area contributed by atoms with Gasteiger partial charge in [0.25, 0.3) is 0 Å². The van der Waals surface area contributed by atoms with Crippen molar-refractivity contribution in [3.05, 3.63) is 22.9 Å². The summed E-state index contributed by atoms with van der Waals surface area (Å²) in [6, 6.07) is 2.59. The third-order valence-electron chi connectivity index (χ3n) is 4.15. The second-order valence-corrected chi connectivity index (χ2v) is 5.95. The summed E-state index contributed by atoms with van der Waals surface area (Å²) in [5.74, 6) is 1.58. The molecule has 2 unspecified atom stereocenters. The topological polar surface area (TPSA) is 39.6 Å². The molecule has 1 aliphatic rings. The van der Waals surface area contributed by atoms with Crippen LogP contribution in [0.1, 0.15) is 23.7 Å². The number of pyridine rings is 1. The van der Waals surface area contributed by atoms with Gasteiger partial charge in [-0.3, -0.25) is 0 Å². The Morgan fingerprint density at radius 3 is 2.58 bits per heavy atom. The van der Waals surface area contributed by atoms with Crippen molar-refractivity contribution in [3.8, 4) is 0 Å². The molecular weight excluding hydrogens is 238 g/mol. The van der Waals surface area contributed by atoms with Gasteiger partial charge in [-0.2, -0.15) is 0 Å². The molecule has 0 amide bonds. The zero-order valence-corrected chi connectivity index (χ0v) is 12.6. The van der Waals surface area contributed by atoms with E-state index < -0.39 is 0 Å². The molecule has 4 nitrogen and oxygen atoms in total. The second kappa shape index (κ2) is 5.47. The number of rotatable bonds is 3. The Bertz CT molecular complexity index is 459. The molecule has 1 aromatic rings. The molecule has 0 bridgehead atoms. The van der Waals surface area contributed by atoms with E-state index in [2.05, 4.69) is 35.8 Å². The lowest BCUT2D eigenvalue weighted by Crippen LogP contribution is -2.34. The molecule has 0 aromatic carbocycles. The van der Waals surface area contributed by atoms with Gasteiger partial charge in [0.1, 0.15) is 5.82 Å². The number of likely N-dealkylation sites (N-methyl/N-ethyl adjacent to an activating group) is 1. The lowest BCUT2D eigenvalue weighted by atomic mass is 10.1. The van der Waals surface area contributed by atoms with E-state index in [-0.39, 0.29) is 6.61 Å². The Morgan fingerprint density at radius 1 is 1.37 bits per heavy atom. The molecule has 2 rings (SSSR count). The van der Waals surface area contributed by atoms with Crippen molar-refractivity contribution < 1.29 is 5.11 Å². The van der Waals surface area contributed by atoms with Gasteiger partial charge < -0.3 is 14.9 Å². The highest BCUT2D eigenvalue weighted by Gasteiger charge is 2.32. The van der Waals surface area contributed by atoms with Crippen LogP contribution < -0.4 is 4.90 Å². The standard InChI is InChI=1S/C15H25N3O/c1-10-6-12(3)16-15(13(10)9-19)18-7-11(2)14(8-18)17(4)5/h6,11,14,19H,7-9H2,1-5H3. The highest BCUT2D eigenvalue weighted by molar-refractivity contribution is 5.52. The molecule has 2 atom stereocenters. The van der Waals surface area contributed by atoms with Crippen molar-refractivity contribution in [2.45, 2.75) is 33.4 Å². The Labute approximate surface area is 116 Å². The predicted octanol–water partition coefficient (Wildman–Crippen LogP) is 1.58. The third kappa shape index (κ3) is 2.74. The molecular formula is C15H25N3O. The van der Waals surface area contributed by atoms with Gasteiger partial charge in [-0.05, 0) is 45.5 Å². The first-order valence-corrected chi connectivity index (χ1v) is 6.93. The highest BCUT2D eigenvalue weighted by atomic mass is 16.3. The Morgan fingerprint density at radius 2 is 2.05 bits per heavy atom. The summed E-state index contributed by atoms with van der Waals surface area (Å²) in [5.41, 5.74) is 3.12. The first kappa shape index (κ1) is 14.3. The first-order valence-electron chi connectivity index (χ1n) is 6.93. The van der Waals surface area contributed by atoms with Crippen molar-refractivity contribution >= 4 is 5.82 Å². The average Bonchev–Trinajstić information content (AvgIpc) is 2.70. The Balaban J connectivity index is 2.33. The van der Waals surface area contributed by atoms with Crippen molar-refractivity contribution in [1.82, 2.24) is 9.88 Å². The number of nitrogens with zero attached hydrogens (tertiary/aromatic N) is 3. The summed E-state index contributed by atoms with van der Waals surface area (Å²) in [7, 11) is 4.26. The van der Waals surface area contributed by atoms with Gasteiger partial charge in [-0.25, -0.2) is 4.98 Å². The van der Waals surface area contributed by atoms with Gasteiger partial charge in [-0.15, -0.1) is 0 Å². The minimum Gasteiger partial charge on any atom is -0.392 e. The molecule has 0 spiro atoms. The van der Waals surface area contributed by atoms with Crippen molar-refractivity contribution in [1.29, 1.82) is 0 Å². The van der Waals surface area contributed by atoms with Crippen LogP contribution in [0, 0.1) is 19.8 Å². The third-order valence-corrected chi connectivity index (χ3v) is 4.15. The van der Waals surface area contributed by atoms with E-state index in [4.69, 9.17) is 0 Å². The van der Waals surface area contributed by atoms with Crippen LogP contribution >= 0.6 is 0 Å². The largest absolute Gasteiger partial charge is 0.392 e. The maximum Gasteiger partial charge on any atom is 0.134 e. The van der Waals surface area contributed by atoms with E-state index in [0.717, 1.165) is 35.7 Å². The Hall–Kier alpha value is -1.13. The molecule has 1 fully saturated rings. The number of aliphatic hydroxyl groups excluding tert-OH is 1. The van der Waals surface area contributed by atoms with E-state index in [1.54, 1.807) is 0 Å². The van der Waals surface area contributed by atoms with Gasteiger partial charge in [0.15, 0.2) is 0 Å². The average molecular weight is 263 g/mol. The number of aromatic nitrogens is 1. The van der Waals surface area contributed by atoms with Crippen molar-refractivity contribution in [2.24, 2.45) is 5.92 Å². The zero-order chi connectivity index (χ0) is 14.2. The molecule has 0 saturated carbocycles. The van der Waals surface area contributed by atoms with Gasteiger partial charge in [0.2, 0.25) is 0 Å². The van der Waals surface area contributed by atoms with Crippen LogP contribution in [0.5, 0.6) is 0 Å². The molecule has 1 N–H and O–H groups in total. The van der Waals surface area contributed by atoms with Gasteiger partial charge in [0.05, 0.1) is 6.61 Å². The van der Waals surface area contributed by atoms with Gasteiger partial charge in [-0.1, -0.05) is 6.92 Å². The zero-order valence-electron chi connectivity index (χ0n) is 12.6. The maximum atomic E-state index is 9.61. The molecule has 1 aromatic heterocycles. The molecule has 1 saturated heterocycles. The summed E-state index contributed by atoms with van der Waals surface area (Å²) < 4.78 is 0. The van der Waals surface area contributed by atoms with Crippen LogP contribution in [-0.4, -0.2) is 48.2 Å². The van der Waals surface area contributed by atoms with Gasteiger partial charge in [0, 0.05) is 30.4 Å². The fourth-order valence-electron chi connectivity index (χ4n) is 3.10. The van der Waals surface area contributed by atoms with Crippen LogP contribution in [0.3, 0.4) is 0 Å². The summed E-state index contributed by atoms with van der Waals surface area (Å²) in [6.07, 6.45) is 0. The van der Waals surface area contributed by atoms with E-state index in [9.17, 15) is 5.11 Å². The van der Waals surface area contributed by atoms with Crippen molar-refractivity contribution in [3.63, 3.8) is 0 Å². The van der Waals surface area contributed by atoms with E-state index in [0.29, 0.717) is 12.0 Å². The molecule has 0 radical (unpaired) electrons. The number of hydrogen-bond donors (Lipinski definition) is 1. The number of aryl methyl sites for hydroxylation is 2. The molecule has 106 valence electrons. The molecule has 2 heterocycles. The normalized spacial score (nSPS) is 23.4. The number of hydrogen-bond acceptors (Lipinski definition) is 4. The van der Waals surface area contributed by atoms with E-state index >= 15 is 0 Å². The first-order chi connectivity index (χ1) is 8.93. The van der Waals surface area contributed by atoms with Crippen molar-refractivity contribution in [2.75, 3.05) is 32.1 Å². The van der Waals surface area contributed by atoms with Crippen LogP contribution in [0.25, 0.3) is 0 Å². The van der Waals surface area contributed by atoms with Crippen LogP contribution in [0.2, 0.25) is 0 Å².